The van der Waals surface area contributed by atoms with E-state index in [4.69, 9.17) is 23.1 Å². The Balaban J connectivity index is 0.00000120. The molecule has 0 saturated carbocycles. The Hall–Kier alpha value is -2.38. The molecule has 3 aromatic rings. The molecule has 0 bridgehead atoms. The molecule has 0 spiro atoms. The summed E-state index contributed by atoms with van der Waals surface area (Å²) in [5.74, 6) is -0.130. The topological polar surface area (TPSA) is 107 Å². The summed E-state index contributed by atoms with van der Waals surface area (Å²) >= 11 is 7.21. The number of nitrogens with zero attached hydrogens (tertiary/aromatic N) is 2. The molecular formula is C21H32ClN5OS. The summed E-state index contributed by atoms with van der Waals surface area (Å²) in [6, 6.07) is 5.47. The molecule has 5 N–H and O–H groups in total. The van der Waals surface area contributed by atoms with Crippen molar-refractivity contribution in [3.05, 3.63) is 33.7 Å². The Morgan fingerprint density at radius 2 is 1.66 bits per heavy atom. The highest BCUT2D eigenvalue weighted by Gasteiger charge is 2.21. The molecule has 0 radical (unpaired) electrons. The summed E-state index contributed by atoms with van der Waals surface area (Å²) in [7, 11) is 1.55. The van der Waals surface area contributed by atoms with Crippen molar-refractivity contribution in [3.8, 4) is 11.3 Å². The van der Waals surface area contributed by atoms with Crippen LogP contribution in [0.3, 0.4) is 0 Å². The number of hydrogen-bond donors (Lipinski definition) is 3. The van der Waals surface area contributed by atoms with E-state index in [-0.39, 0.29) is 11.9 Å². The number of hydrogen-bond acceptors (Lipinski definition) is 6. The van der Waals surface area contributed by atoms with Crippen molar-refractivity contribution >= 4 is 50.7 Å². The minimum Gasteiger partial charge on any atom is -0.397 e. The van der Waals surface area contributed by atoms with Crippen LogP contribution in [0.25, 0.3) is 21.5 Å². The van der Waals surface area contributed by atoms with Gasteiger partial charge >= 0.3 is 0 Å². The Morgan fingerprint density at radius 3 is 2.17 bits per heavy atom. The van der Waals surface area contributed by atoms with Gasteiger partial charge in [-0.15, -0.1) is 11.3 Å². The van der Waals surface area contributed by atoms with Crippen LogP contribution in [-0.4, -0.2) is 22.9 Å². The van der Waals surface area contributed by atoms with Crippen molar-refractivity contribution in [2.24, 2.45) is 0 Å². The molecule has 0 unspecified atom stereocenters. The number of thiophene rings is 1. The molecule has 2 heterocycles. The molecule has 2 aromatic heterocycles. The molecule has 0 aliphatic carbocycles. The maximum atomic E-state index is 12.0. The summed E-state index contributed by atoms with van der Waals surface area (Å²) in [5, 5.41) is 3.84. The lowest BCUT2D eigenvalue weighted by atomic mass is 10.0. The number of nitrogen functional groups attached to an aromatic ring is 2. The van der Waals surface area contributed by atoms with E-state index in [0.29, 0.717) is 31.5 Å². The minimum absolute atomic E-state index is 0.131. The number of rotatable bonds is 2. The number of carbonyl (C=O) groups is 1. The molecule has 0 fully saturated rings. The third-order valence-electron chi connectivity index (χ3n) is 3.48. The lowest BCUT2D eigenvalue weighted by molar-refractivity contribution is 0.0968. The van der Waals surface area contributed by atoms with E-state index in [1.807, 2.05) is 60.6 Å². The van der Waals surface area contributed by atoms with Crippen molar-refractivity contribution in [1.29, 1.82) is 0 Å². The highest BCUT2D eigenvalue weighted by atomic mass is 35.5. The number of aryl methyl sites for hydroxylation is 1. The van der Waals surface area contributed by atoms with Crippen LogP contribution < -0.4 is 16.8 Å². The van der Waals surface area contributed by atoms with E-state index < -0.39 is 0 Å². The van der Waals surface area contributed by atoms with Gasteiger partial charge in [0.25, 0.3) is 5.91 Å². The van der Waals surface area contributed by atoms with E-state index in [1.54, 1.807) is 13.1 Å². The van der Waals surface area contributed by atoms with Gasteiger partial charge in [0.15, 0.2) is 0 Å². The fourth-order valence-corrected chi connectivity index (χ4v) is 3.68. The van der Waals surface area contributed by atoms with Crippen molar-refractivity contribution < 1.29 is 4.79 Å². The number of carbonyl (C=O) groups excluding carboxylic acids is 1. The maximum Gasteiger partial charge on any atom is 0.263 e. The fourth-order valence-electron chi connectivity index (χ4n) is 2.41. The van der Waals surface area contributed by atoms with Gasteiger partial charge in [0.05, 0.1) is 16.8 Å². The summed E-state index contributed by atoms with van der Waals surface area (Å²) in [6.07, 6.45) is 0. The van der Waals surface area contributed by atoms with Gasteiger partial charge in [-0.3, -0.25) is 4.79 Å². The zero-order chi connectivity index (χ0) is 22.7. The van der Waals surface area contributed by atoms with Crippen LogP contribution in [0.5, 0.6) is 0 Å². The first-order valence-electron chi connectivity index (χ1n) is 9.76. The number of aromatic nitrogens is 2. The van der Waals surface area contributed by atoms with Gasteiger partial charge in [0, 0.05) is 17.6 Å². The van der Waals surface area contributed by atoms with E-state index in [9.17, 15) is 4.79 Å². The number of amides is 1. The Bertz CT molecular complexity index is 940. The van der Waals surface area contributed by atoms with Gasteiger partial charge in [-0.05, 0) is 24.6 Å². The maximum absolute atomic E-state index is 12.0. The molecule has 1 aromatic carbocycles. The van der Waals surface area contributed by atoms with Crippen LogP contribution in [0.15, 0.2) is 18.2 Å². The average Bonchev–Trinajstić information content (AvgIpc) is 3.07. The second-order valence-corrected chi connectivity index (χ2v) is 6.43. The van der Waals surface area contributed by atoms with E-state index in [2.05, 4.69) is 15.3 Å². The number of nitrogens with two attached hydrogens (primary N) is 2. The predicted octanol–water partition coefficient (Wildman–Crippen LogP) is 5.92. The number of benzene rings is 1. The molecule has 0 saturated heterocycles. The predicted molar refractivity (Wildman–Crippen MR) is 129 cm³/mol. The van der Waals surface area contributed by atoms with Crippen molar-refractivity contribution in [2.45, 2.75) is 48.5 Å². The smallest absolute Gasteiger partial charge is 0.263 e. The second-order valence-electron chi connectivity index (χ2n) is 4.99. The van der Waals surface area contributed by atoms with E-state index in [1.165, 1.54) is 11.3 Å². The zero-order valence-corrected chi connectivity index (χ0v) is 20.0. The second kappa shape index (κ2) is 13.0. The summed E-state index contributed by atoms with van der Waals surface area (Å²) in [4.78, 5) is 21.5. The first-order chi connectivity index (χ1) is 13.9. The van der Waals surface area contributed by atoms with Crippen molar-refractivity contribution in [1.82, 2.24) is 15.3 Å². The Labute approximate surface area is 182 Å². The largest absolute Gasteiger partial charge is 0.397 e. The first-order valence-corrected chi connectivity index (χ1v) is 11.0. The lowest BCUT2D eigenvalue weighted by Gasteiger charge is -2.08. The van der Waals surface area contributed by atoms with E-state index in [0.717, 1.165) is 11.1 Å². The van der Waals surface area contributed by atoms with Crippen LogP contribution in [0.4, 0.5) is 11.6 Å². The third-order valence-corrected chi connectivity index (χ3v) is 4.82. The average molecular weight is 438 g/mol. The lowest BCUT2D eigenvalue weighted by Crippen LogP contribution is -2.17. The highest BCUT2D eigenvalue weighted by molar-refractivity contribution is 7.21. The number of fused-ring (bicyclic) bond motifs is 1. The Morgan fingerprint density at radius 1 is 1.07 bits per heavy atom. The monoisotopic (exact) mass is 437 g/mol. The van der Waals surface area contributed by atoms with Crippen LogP contribution in [0, 0.1) is 6.92 Å². The summed E-state index contributed by atoms with van der Waals surface area (Å²) < 4.78 is 0. The number of anilines is 2. The summed E-state index contributed by atoms with van der Waals surface area (Å²) in [5.41, 5.74) is 14.8. The van der Waals surface area contributed by atoms with Gasteiger partial charge in [0.2, 0.25) is 5.95 Å². The molecule has 0 aliphatic rings. The van der Waals surface area contributed by atoms with E-state index >= 15 is 0 Å². The van der Waals surface area contributed by atoms with Gasteiger partial charge in [-0.1, -0.05) is 59.2 Å². The van der Waals surface area contributed by atoms with Crippen LogP contribution in [0.1, 0.15) is 56.8 Å². The number of nitrogens with one attached hydrogen (secondary N) is 1. The zero-order valence-electron chi connectivity index (χ0n) is 18.5. The standard InChI is InChI=1S/C15H14ClN5OS.3C2H6/c1-6-5-7(16)3-4-8(6)11-9-10(17)12(13(22)19-2)23-14(9)21-15(18)20-11;3*1-2/h3-5H,17H2,1-2H3,(H,19,22)(H2,18,20,21);3*1-2H3. The quantitative estimate of drug-likeness (QED) is 0.461. The number of halogens is 1. The molecule has 3 rings (SSSR count). The van der Waals surface area contributed by atoms with Crippen LogP contribution in [-0.2, 0) is 0 Å². The Kier molecular flexibility index (Phi) is 11.9. The molecule has 29 heavy (non-hydrogen) atoms. The molecular weight excluding hydrogens is 406 g/mol. The molecule has 160 valence electrons. The van der Waals surface area contributed by atoms with Gasteiger partial charge in [0.1, 0.15) is 9.71 Å². The molecule has 0 aliphatic heterocycles. The molecule has 1 amide bonds. The minimum atomic E-state index is -0.261. The molecule has 6 nitrogen and oxygen atoms in total. The molecule has 8 heteroatoms. The van der Waals surface area contributed by atoms with Gasteiger partial charge < -0.3 is 16.8 Å². The third kappa shape index (κ3) is 6.05. The van der Waals surface area contributed by atoms with Crippen molar-refractivity contribution in [3.63, 3.8) is 0 Å². The highest BCUT2D eigenvalue weighted by Crippen LogP contribution is 2.39. The van der Waals surface area contributed by atoms with Crippen LogP contribution in [0.2, 0.25) is 5.02 Å². The van der Waals surface area contributed by atoms with Gasteiger partial charge in [-0.25, -0.2) is 9.97 Å². The SMILES string of the molecule is CC.CC.CC.CNC(=O)c1sc2nc(N)nc(-c3ccc(Cl)cc3C)c2c1N. The molecule has 0 atom stereocenters. The fraction of sp³-hybridized carbons (Fsp3) is 0.381. The first kappa shape index (κ1) is 26.6. The summed E-state index contributed by atoms with van der Waals surface area (Å²) in [6.45, 7) is 13.9. The van der Waals surface area contributed by atoms with Crippen molar-refractivity contribution in [2.75, 3.05) is 18.5 Å². The van der Waals surface area contributed by atoms with Gasteiger partial charge in [-0.2, -0.15) is 0 Å². The van der Waals surface area contributed by atoms with Crippen LogP contribution >= 0.6 is 22.9 Å². The normalized spacial score (nSPS) is 9.28.